The Kier molecular flexibility index (Phi) is 3.12. The minimum atomic E-state index is 0.702. The molecular formula is C11H9BrClNO. The Hall–Kier alpha value is -0.800. The summed E-state index contributed by atoms with van der Waals surface area (Å²) in [5, 5.41) is 2.32. The van der Waals surface area contributed by atoms with Gasteiger partial charge in [-0.25, -0.2) is 0 Å². The van der Waals surface area contributed by atoms with Crippen LogP contribution < -0.4 is 4.74 Å². The van der Waals surface area contributed by atoms with E-state index in [1.165, 1.54) is 0 Å². The Labute approximate surface area is 101 Å². The van der Waals surface area contributed by atoms with Gasteiger partial charge in [0.15, 0.2) is 0 Å². The number of rotatable bonds is 2. The molecule has 2 rings (SSSR count). The maximum Gasteiger partial charge on any atom is 0.119 e. The first-order valence-corrected chi connectivity index (χ1v) is 5.93. The quantitative estimate of drug-likeness (QED) is 0.784. The molecule has 0 saturated carbocycles. The minimum Gasteiger partial charge on any atom is -0.497 e. The minimum absolute atomic E-state index is 0.702. The fourth-order valence-corrected chi connectivity index (χ4v) is 1.97. The molecule has 4 heteroatoms. The molecule has 0 aliphatic rings. The molecule has 0 unspecified atom stereocenters. The zero-order valence-electron chi connectivity index (χ0n) is 8.13. The molecule has 0 aliphatic heterocycles. The number of hydrogen-bond donors (Lipinski definition) is 0. The summed E-state index contributed by atoms with van der Waals surface area (Å²) in [5.41, 5.74) is 1.82. The number of aromatic nitrogens is 1. The molecule has 0 N–H and O–H groups in total. The van der Waals surface area contributed by atoms with E-state index in [0.717, 1.165) is 22.3 Å². The predicted octanol–water partition coefficient (Wildman–Crippen LogP) is 3.79. The van der Waals surface area contributed by atoms with Crippen molar-refractivity contribution in [1.82, 2.24) is 4.98 Å². The second kappa shape index (κ2) is 4.37. The number of benzene rings is 1. The maximum absolute atomic E-state index is 6.15. The number of pyridine rings is 1. The van der Waals surface area contributed by atoms with E-state index in [9.17, 15) is 0 Å². The van der Waals surface area contributed by atoms with Crippen molar-refractivity contribution in [3.63, 3.8) is 0 Å². The van der Waals surface area contributed by atoms with Crippen molar-refractivity contribution < 1.29 is 4.74 Å². The van der Waals surface area contributed by atoms with Gasteiger partial charge in [0.05, 0.1) is 23.3 Å². The van der Waals surface area contributed by atoms with Crippen LogP contribution in [0.15, 0.2) is 24.3 Å². The molecule has 0 saturated heterocycles. The van der Waals surface area contributed by atoms with Gasteiger partial charge in [-0.3, -0.25) is 4.98 Å². The van der Waals surface area contributed by atoms with Crippen LogP contribution in [0.4, 0.5) is 0 Å². The number of alkyl halides is 1. The fourth-order valence-electron chi connectivity index (χ4n) is 1.41. The summed E-state index contributed by atoms with van der Waals surface area (Å²) >= 11 is 9.51. The fraction of sp³-hybridized carbons (Fsp3) is 0.182. The number of fused-ring (bicyclic) bond motifs is 1. The lowest BCUT2D eigenvalue weighted by Crippen LogP contribution is -1.89. The summed E-state index contributed by atoms with van der Waals surface area (Å²) in [7, 11) is 1.63. The summed E-state index contributed by atoms with van der Waals surface area (Å²) in [6.45, 7) is 0. The monoisotopic (exact) mass is 285 g/mol. The van der Waals surface area contributed by atoms with Crippen LogP contribution in [0.2, 0.25) is 5.02 Å². The van der Waals surface area contributed by atoms with Gasteiger partial charge in [-0.15, -0.1) is 0 Å². The first-order valence-electron chi connectivity index (χ1n) is 4.43. The zero-order valence-corrected chi connectivity index (χ0v) is 10.5. The third-order valence-electron chi connectivity index (χ3n) is 2.16. The van der Waals surface area contributed by atoms with Gasteiger partial charge in [-0.05, 0) is 24.3 Å². The lowest BCUT2D eigenvalue weighted by molar-refractivity contribution is 0.415. The number of halogens is 2. The van der Waals surface area contributed by atoms with E-state index in [4.69, 9.17) is 16.3 Å². The Morgan fingerprint density at radius 1 is 1.40 bits per heavy atom. The van der Waals surface area contributed by atoms with Gasteiger partial charge in [0.1, 0.15) is 5.75 Å². The molecule has 0 amide bonds. The van der Waals surface area contributed by atoms with Crippen LogP contribution in [0.3, 0.4) is 0 Å². The molecule has 15 heavy (non-hydrogen) atoms. The highest BCUT2D eigenvalue weighted by atomic mass is 79.9. The molecule has 1 heterocycles. The van der Waals surface area contributed by atoms with Gasteiger partial charge in [-0.2, -0.15) is 0 Å². The van der Waals surface area contributed by atoms with Crippen molar-refractivity contribution in [1.29, 1.82) is 0 Å². The van der Waals surface area contributed by atoms with Crippen LogP contribution in [-0.4, -0.2) is 12.1 Å². The summed E-state index contributed by atoms with van der Waals surface area (Å²) in [5.74, 6) is 0.790. The number of hydrogen-bond acceptors (Lipinski definition) is 2. The standard InChI is InChI=1S/C11H9BrClNO/c1-15-8-2-3-11-9(5-8)10(13)4-7(6-12)14-11/h2-5H,6H2,1H3. The van der Waals surface area contributed by atoms with E-state index < -0.39 is 0 Å². The third kappa shape index (κ3) is 2.08. The highest BCUT2D eigenvalue weighted by molar-refractivity contribution is 9.08. The number of methoxy groups -OCH3 is 1. The van der Waals surface area contributed by atoms with Crippen LogP contribution >= 0.6 is 27.5 Å². The Morgan fingerprint density at radius 2 is 2.20 bits per heavy atom. The van der Waals surface area contributed by atoms with Gasteiger partial charge in [0.2, 0.25) is 0 Å². The first kappa shape index (κ1) is 10.7. The summed E-state index contributed by atoms with van der Waals surface area (Å²) in [4.78, 5) is 4.44. The van der Waals surface area contributed by atoms with E-state index >= 15 is 0 Å². The average Bonchev–Trinajstić information content (AvgIpc) is 2.28. The second-order valence-electron chi connectivity index (χ2n) is 3.11. The second-order valence-corrected chi connectivity index (χ2v) is 4.08. The molecule has 1 aromatic heterocycles. The van der Waals surface area contributed by atoms with Gasteiger partial charge >= 0.3 is 0 Å². The topological polar surface area (TPSA) is 22.1 Å². The maximum atomic E-state index is 6.15. The molecule has 0 radical (unpaired) electrons. The lowest BCUT2D eigenvalue weighted by Gasteiger charge is -2.05. The van der Waals surface area contributed by atoms with Crippen LogP contribution in [0, 0.1) is 0 Å². The summed E-state index contributed by atoms with van der Waals surface area (Å²) < 4.78 is 5.14. The summed E-state index contributed by atoms with van der Waals surface area (Å²) in [6.07, 6.45) is 0. The molecule has 78 valence electrons. The molecular weight excluding hydrogens is 277 g/mol. The van der Waals surface area contributed by atoms with E-state index in [2.05, 4.69) is 20.9 Å². The van der Waals surface area contributed by atoms with Crippen LogP contribution in [0.5, 0.6) is 5.75 Å². The van der Waals surface area contributed by atoms with E-state index in [0.29, 0.717) is 10.4 Å². The average molecular weight is 287 g/mol. The van der Waals surface area contributed by atoms with Gasteiger partial charge in [-0.1, -0.05) is 27.5 Å². The lowest BCUT2D eigenvalue weighted by atomic mass is 10.2. The van der Waals surface area contributed by atoms with E-state index in [1.807, 2.05) is 24.3 Å². The van der Waals surface area contributed by atoms with Gasteiger partial charge in [0, 0.05) is 10.7 Å². The molecule has 0 atom stereocenters. The largest absolute Gasteiger partial charge is 0.497 e. The van der Waals surface area contributed by atoms with Crippen molar-refractivity contribution in [2.24, 2.45) is 0 Å². The highest BCUT2D eigenvalue weighted by Crippen LogP contribution is 2.27. The van der Waals surface area contributed by atoms with Gasteiger partial charge < -0.3 is 4.74 Å². The number of nitrogens with zero attached hydrogens (tertiary/aromatic N) is 1. The highest BCUT2D eigenvalue weighted by Gasteiger charge is 2.04. The molecule has 0 bridgehead atoms. The summed E-state index contributed by atoms with van der Waals surface area (Å²) in [6, 6.07) is 7.54. The molecule has 0 fully saturated rings. The van der Waals surface area contributed by atoms with Crippen molar-refractivity contribution in [3.8, 4) is 5.75 Å². The van der Waals surface area contributed by atoms with Crippen molar-refractivity contribution in [2.75, 3.05) is 7.11 Å². The zero-order chi connectivity index (χ0) is 10.8. The van der Waals surface area contributed by atoms with Crippen molar-refractivity contribution >= 4 is 38.4 Å². The van der Waals surface area contributed by atoms with Crippen molar-refractivity contribution in [3.05, 3.63) is 35.0 Å². The van der Waals surface area contributed by atoms with E-state index in [1.54, 1.807) is 7.11 Å². The SMILES string of the molecule is COc1ccc2nc(CBr)cc(Cl)c2c1. The van der Waals surface area contributed by atoms with Gasteiger partial charge in [0.25, 0.3) is 0 Å². The molecule has 2 nitrogen and oxygen atoms in total. The van der Waals surface area contributed by atoms with Crippen LogP contribution in [0.25, 0.3) is 10.9 Å². The smallest absolute Gasteiger partial charge is 0.119 e. The molecule has 0 spiro atoms. The van der Waals surface area contributed by atoms with E-state index in [-0.39, 0.29) is 0 Å². The Morgan fingerprint density at radius 3 is 2.87 bits per heavy atom. The first-order chi connectivity index (χ1) is 7.24. The van der Waals surface area contributed by atoms with Crippen LogP contribution in [0.1, 0.15) is 5.69 Å². The van der Waals surface area contributed by atoms with Crippen LogP contribution in [-0.2, 0) is 5.33 Å². The molecule has 2 aromatic rings. The Bertz CT molecular complexity index is 501. The molecule has 0 aliphatic carbocycles. The predicted molar refractivity (Wildman–Crippen MR) is 65.9 cm³/mol. The molecule has 1 aromatic carbocycles. The van der Waals surface area contributed by atoms with Crippen molar-refractivity contribution in [2.45, 2.75) is 5.33 Å². The normalized spacial score (nSPS) is 10.6. The number of ether oxygens (including phenoxy) is 1. The Balaban J connectivity index is 2.68. The third-order valence-corrected chi connectivity index (χ3v) is 3.04.